The molecule has 3 N–H and O–H groups in total. The van der Waals surface area contributed by atoms with Gasteiger partial charge in [-0.15, -0.1) is 0 Å². The lowest BCUT2D eigenvalue weighted by molar-refractivity contribution is -0.0340. The average Bonchev–Trinajstić information content (AvgIpc) is 2.92. The maximum absolute atomic E-state index is 13.8. The number of alkyl halides is 2. The molecule has 1 aliphatic heterocycles. The van der Waals surface area contributed by atoms with Crippen molar-refractivity contribution >= 4 is 18.8 Å². The third-order valence-corrected chi connectivity index (χ3v) is 5.44. The fourth-order valence-electron chi connectivity index (χ4n) is 3.02. The summed E-state index contributed by atoms with van der Waals surface area (Å²) in [6.45, 7) is 0.626. The summed E-state index contributed by atoms with van der Waals surface area (Å²) in [5, 5.41) is 0. The van der Waals surface area contributed by atoms with Crippen molar-refractivity contribution in [3.63, 3.8) is 0 Å². The van der Waals surface area contributed by atoms with E-state index in [0.717, 1.165) is 0 Å². The first-order valence-corrected chi connectivity index (χ1v) is 9.20. The number of nitrogens with zero attached hydrogens (tertiary/aromatic N) is 3. The van der Waals surface area contributed by atoms with Crippen LogP contribution < -0.4 is 5.56 Å². The van der Waals surface area contributed by atoms with Gasteiger partial charge in [0.05, 0.1) is 19.3 Å². The topological polar surface area (TPSA) is 130 Å². The van der Waals surface area contributed by atoms with E-state index in [1.807, 2.05) is 0 Å². The number of rotatable bonds is 5. The van der Waals surface area contributed by atoms with Crippen molar-refractivity contribution < 1.29 is 27.9 Å². The number of aromatic nitrogens is 4. The van der Waals surface area contributed by atoms with Crippen LogP contribution in [0.1, 0.15) is 12.8 Å². The molecule has 25 heavy (non-hydrogen) atoms. The molecule has 3 heterocycles. The number of hydrogen-bond acceptors (Lipinski definition) is 5. The zero-order chi connectivity index (χ0) is 18.2. The molecule has 0 bridgehead atoms. The van der Waals surface area contributed by atoms with E-state index in [1.165, 1.54) is 12.7 Å². The Hall–Kier alpha value is -1.68. The predicted octanol–water partition coefficient (Wildman–Crippen LogP) is 0.933. The predicted molar refractivity (Wildman–Crippen MR) is 82.2 cm³/mol. The number of H-pyrrole nitrogens is 1. The van der Waals surface area contributed by atoms with E-state index in [0.29, 0.717) is 5.65 Å². The van der Waals surface area contributed by atoms with Gasteiger partial charge in [-0.3, -0.25) is 9.36 Å². The lowest BCUT2D eigenvalue weighted by Crippen LogP contribution is -2.35. The van der Waals surface area contributed by atoms with Crippen LogP contribution in [0.4, 0.5) is 8.78 Å². The van der Waals surface area contributed by atoms with Crippen LogP contribution in [0.5, 0.6) is 0 Å². The molecule has 0 aromatic carbocycles. The first-order valence-electron chi connectivity index (χ1n) is 7.59. The molecule has 0 saturated carbocycles. The highest BCUT2D eigenvalue weighted by Gasteiger charge is 2.51. The van der Waals surface area contributed by atoms with Gasteiger partial charge >= 0.3 is 13.3 Å². The normalized spacial score (nSPS) is 22.4. The SMILES string of the molecule is O=c1[nH]cnc2c1ncn2C[C@@H]1COCC[C@@H]1CC(F)(F)P(=O)(O)O. The molecule has 2 aromatic heterocycles. The second kappa shape index (κ2) is 6.56. The molecule has 0 radical (unpaired) electrons. The Labute approximate surface area is 140 Å². The van der Waals surface area contributed by atoms with Crippen molar-refractivity contribution in [1.29, 1.82) is 0 Å². The van der Waals surface area contributed by atoms with Gasteiger partial charge in [0.25, 0.3) is 5.56 Å². The van der Waals surface area contributed by atoms with Crippen LogP contribution in [0.15, 0.2) is 17.4 Å². The van der Waals surface area contributed by atoms with Crippen LogP contribution in [0.3, 0.4) is 0 Å². The largest absolute Gasteiger partial charge is 0.394 e. The van der Waals surface area contributed by atoms with E-state index in [2.05, 4.69) is 15.0 Å². The second-order valence-electron chi connectivity index (χ2n) is 6.10. The number of ether oxygens (including phenoxy) is 1. The number of halogens is 2. The number of nitrogens with one attached hydrogen (secondary N) is 1. The number of fused-ring (bicyclic) bond motifs is 1. The molecule has 3 rings (SSSR count). The Morgan fingerprint density at radius 2 is 2.16 bits per heavy atom. The van der Waals surface area contributed by atoms with Gasteiger partial charge < -0.3 is 24.1 Å². The van der Waals surface area contributed by atoms with Gasteiger partial charge in [0, 0.05) is 25.5 Å². The van der Waals surface area contributed by atoms with Gasteiger partial charge in [0.15, 0.2) is 11.2 Å². The summed E-state index contributed by atoms with van der Waals surface area (Å²) in [5.74, 6) is -1.06. The van der Waals surface area contributed by atoms with Crippen LogP contribution >= 0.6 is 7.60 Å². The van der Waals surface area contributed by atoms with Crippen molar-refractivity contribution in [3.8, 4) is 0 Å². The summed E-state index contributed by atoms with van der Waals surface area (Å²) in [6, 6.07) is 0. The minimum absolute atomic E-state index is 0.135. The minimum Gasteiger partial charge on any atom is -0.381 e. The molecule has 138 valence electrons. The average molecular weight is 378 g/mol. The maximum Gasteiger partial charge on any atom is 0.394 e. The Morgan fingerprint density at radius 1 is 1.40 bits per heavy atom. The Kier molecular flexibility index (Phi) is 4.76. The Balaban J connectivity index is 1.83. The fraction of sp³-hybridized carbons (Fsp3) is 0.615. The number of hydrogen-bond donors (Lipinski definition) is 3. The molecule has 0 unspecified atom stereocenters. The van der Waals surface area contributed by atoms with E-state index in [1.54, 1.807) is 4.57 Å². The third kappa shape index (κ3) is 3.64. The number of aromatic amines is 1. The molecule has 9 nitrogen and oxygen atoms in total. The maximum atomic E-state index is 13.8. The lowest BCUT2D eigenvalue weighted by Gasteiger charge is -2.34. The van der Waals surface area contributed by atoms with Crippen molar-refractivity contribution in [1.82, 2.24) is 19.5 Å². The molecule has 1 fully saturated rings. The van der Waals surface area contributed by atoms with Crippen LogP contribution in [0, 0.1) is 11.8 Å². The van der Waals surface area contributed by atoms with E-state index in [4.69, 9.17) is 14.5 Å². The fourth-order valence-corrected chi connectivity index (χ4v) is 3.50. The molecule has 0 aliphatic carbocycles. The minimum atomic E-state index is -5.53. The van der Waals surface area contributed by atoms with Gasteiger partial charge in [-0.25, -0.2) is 9.97 Å². The Morgan fingerprint density at radius 3 is 2.88 bits per heavy atom. The van der Waals surface area contributed by atoms with Gasteiger partial charge in [-0.2, -0.15) is 8.78 Å². The standard InChI is InChI=1S/C13H17F2N4O5P/c14-13(15,25(21,22)23)3-8-1-2-24-5-9(8)4-19-7-18-10-11(19)16-6-17-12(10)20/h6-9H,1-5H2,(H,16,17,20)(H2,21,22,23)/t8-,9-/m1/s1. The zero-order valence-electron chi connectivity index (χ0n) is 13.0. The van der Waals surface area contributed by atoms with Crippen molar-refractivity contribution in [2.75, 3.05) is 13.2 Å². The van der Waals surface area contributed by atoms with Crippen molar-refractivity contribution in [2.24, 2.45) is 11.8 Å². The van der Waals surface area contributed by atoms with E-state index in [9.17, 15) is 18.1 Å². The second-order valence-corrected chi connectivity index (χ2v) is 7.84. The molecule has 2 aromatic rings. The molecular weight excluding hydrogens is 361 g/mol. The van der Waals surface area contributed by atoms with Crippen LogP contribution in [0.2, 0.25) is 0 Å². The van der Waals surface area contributed by atoms with Gasteiger partial charge in [-0.1, -0.05) is 0 Å². The van der Waals surface area contributed by atoms with Crippen molar-refractivity contribution in [3.05, 3.63) is 23.0 Å². The highest BCUT2D eigenvalue weighted by atomic mass is 31.2. The monoisotopic (exact) mass is 378 g/mol. The van der Waals surface area contributed by atoms with Gasteiger partial charge in [0.2, 0.25) is 0 Å². The molecule has 0 spiro atoms. The molecular formula is C13H17F2N4O5P. The summed E-state index contributed by atoms with van der Waals surface area (Å²) in [6.07, 6.45) is 1.95. The summed E-state index contributed by atoms with van der Waals surface area (Å²) in [4.78, 5) is 39.8. The Bertz CT molecular complexity index is 863. The molecule has 12 heteroatoms. The van der Waals surface area contributed by atoms with E-state index < -0.39 is 37.1 Å². The van der Waals surface area contributed by atoms with Gasteiger partial charge in [0.1, 0.15) is 0 Å². The van der Waals surface area contributed by atoms with Crippen LogP contribution in [0.25, 0.3) is 11.2 Å². The first kappa shape index (κ1) is 18.1. The number of imidazole rings is 1. The smallest absolute Gasteiger partial charge is 0.381 e. The van der Waals surface area contributed by atoms with Crippen LogP contribution in [-0.2, 0) is 15.8 Å². The van der Waals surface area contributed by atoms with E-state index in [-0.39, 0.29) is 31.7 Å². The molecule has 1 aliphatic rings. The summed E-state index contributed by atoms with van der Waals surface area (Å²) in [7, 11) is -5.53. The molecule has 0 amide bonds. The zero-order valence-corrected chi connectivity index (χ0v) is 13.9. The van der Waals surface area contributed by atoms with E-state index >= 15 is 0 Å². The van der Waals surface area contributed by atoms with Gasteiger partial charge in [-0.05, 0) is 12.3 Å². The first-order chi connectivity index (χ1) is 11.7. The molecule has 2 atom stereocenters. The highest BCUT2D eigenvalue weighted by Crippen LogP contribution is 2.56. The van der Waals surface area contributed by atoms with Crippen molar-refractivity contribution in [2.45, 2.75) is 25.1 Å². The lowest BCUT2D eigenvalue weighted by atomic mass is 9.85. The van der Waals surface area contributed by atoms with Crippen LogP contribution in [-0.4, -0.2) is 48.2 Å². The summed E-state index contributed by atoms with van der Waals surface area (Å²) >= 11 is 0. The quantitative estimate of drug-likeness (QED) is 0.660. The highest BCUT2D eigenvalue weighted by molar-refractivity contribution is 7.53. The molecule has 1 saturated heterocycles. The summed E-state index contributed by atoms with van der Waals surface area (Å²) in [5.41, 5.74) is -4.04. The summed E-state index contributed by atoms with van der Waals surface area (Å²) < 4.78 is 45.5. The third-order valence-electron chi connectivity index (χ3n) is 4.40.